The van der Waals surface area contributed by atoms with Gasteiger partial charge in [-0.1, -0.05) is 30.3 Å². The Morgan fingerprint density at radius 2 is 2.00 bits per heavy atom. The fourth-order valence-corrected chi connectivity index (χ4v) is 3.26. The molecule has 0 atom stereocenters. The number of nitrogens with two attached hydrogens (primary N) is 2. The van der Waals surface area contributed by atoms with E-state index in [2.05, 4.69) is 22.1 Å². The number of anilines is 1. The summed E-state index contributed by atoms with van der Waals surface area (Å²) in [6.45, 7) is 0.779. The number of carbonyl (C=O) groups is 1. The van der Waals surface area contributed by atoms with Gasteiger partial charge in [0.2, 0.25) is 0 Å². The van der Waals surface area contributed by atoms with Crippen LogP contribution in [0.2, 0.25) is 0 Å². The first-order valence-electron chi connectivity index (χ1n) is 7.25. The molecule has 0 radical (unpaired) electrons. The molecule has 0 fully saturated rings. The Balaban J connectivity index is 1.83. The number of hydrogen-bond donors (Lipinski definition) is 2. The third kappa shape index (κ3) is 3.45. The number of nitrogen functional groups attached to an aromatic ring is 1. The van der Waals surface area contributed by atoms with Crippen molar-refractivity contribution in [3.05, 3.63) is 48.4 Å². The number of nitrogens with zero attached hydrogens (tertiary/aromatic N) is 3. The van der Waals surface area contributed by atoms with E-state index in [0.717, 1.165) is 36.8 Å². The molecule has 23 heavy (non-hydrogen) atoms. The lowest BCUT2D eigenvalue weighted by Gasteiger charge is -2.05. The molecular weight excluding hydrogens is 310 g/mol. The zero-order valence-corrected chi connectivity index (χ0v) is 13.3. The Labute approximate surface area is 137 Å². The lowest BCUT2D eigenvalue weighted by Crippen LogP contribution is -2.01. The number of aryl methyl sites for hydroxylation is 2. The molecule has 1 aromatic carbocycles. The summed E-state index contributed by atoms with van der Waals surface area (Å²) in [5.41, 5.74) is 13.2. The van der Waals surface area contributed by atoms with Gasteiger partial charge in [-0.25, -0.2) is 9.97 Å². The lowest BCUT2D eigenvalue weighted by molar-refractivity contribution is 0.267. The van der Waals surface area contributed by atoms with E-state index in [-0.39, 0.29) is 0 Å². The van der Waals surface area contributed by atoms with Crippen LogP contribution in [0.1, 0.15) is 12.0 Å². The van der Waals surface area contributed by atoms with Gasteiger partial charge in [0.1, 0.15) is 17.8 Å². The van der Waals surface area contributed by atoms with Crippen molar-refractivity contribution in [3.8, 4) is 0 Å². The molecule has 2 aromatic heterocycles. The van der Waals surface area contributed by atoms with Crippen molar-refractivity contribution in [2.75, 3.05) is 5.73 Å². The van der Waals surface area contributed by atoms with Crippen LogP contribution in [0.4, 0.5) is 10.6 Å². The number of carbonyl (C=O) groups excluding carboxylic acids is 1. The highest BCUT2D eigenvalue weighted by Gasteiger charge is 2.15. The van der Waals surface area contributed by atoms with E-state index in [0.29, 0.717) is 16.1 Å². The van der Waals surface area contributed by atoms with Gasteiger partial charge in [0.15, 0.2) is 0 Å². The van der Waals surface area contributed by atoms with Crippen molar-refractivity contribution >= 4 is 33.9 Å². The molecule has 7 heteroatoms. The van der Waals surface area contributed by atoms with E-state index in [1.807, 2.05) is 29.0 Å². The zero-order valence-electron chi connectivity index (χ0n) is 12.5. The molecule has 118 valence electrons. The minimum atomic E-state index is -0.475. The maximum absolute atomic E-state index is 11.2. The van der Waals surface area contributed by atoms with Crippen LogP contribution in [0.3, 0.4) is 0 Å². The molecular formula is C16H17N5OS. The molecule has 3 aromatic rings. The first-order chi connectivity index (χ1) is 11.1. The Hall–Kier alpha value is -2.54. The van der Waals surface area contributed by atoms with Crippen molar-refractivity contribution in [2.45, 2.75) is 24.3 Å². The van der Waals surface area contributed by atoms with Gasteiger partial charge in [0.05, 0.1) is 5.39 Å². The highest BCUT2D eigenvalue weighted by molar-refractivity contribution is 8.13. The van der Waals surface area contributed by atoms with Crippen LogP contribution in [0.15, 0.2) is 47.8 Å². The monoisotopic (exact) mass is 327 g/mol. The highest BCUT2D eigenvalue weighted by atomic mass is 32.2. The van der Waals surface area contributed by atoms with Gasteiger partial charge in [-0.15, -0.1) is 0 Å². The molecule has 1 amide bonds. The zero-order chi connectivity index (χ0) is 16.2. The summed E-state index contributed by atoms with van der Waals surface area (Å²) in [7, 11) is 0. The molecule has 4 N–H and O–H groups in total. The van der Waals surface area contributed by atoms with Gasteiger partial charge in [-0.2, -0.15) is 0 Å². The number of aromatic nitrogens is 3. The van der Waals surface area contributed by atoms with Gasteiger partial charge in [0.25, 0.3) is 5.24 Å². The van der Waals surface area contributed by atoms with Crippen molar-refractivity contribution < 1.29 is 4.79 Å². The van der Waals surface area contributed by atoms with Crippen LogP contribution in [0.25, 0.3) is 11.0 Å². The highest BCUT2D eigenvalue weighted by Crippen LogP contribution is 2.32. The van der Waals surface area contributed by atoms with Crippen LogP contribution < -0.4 is 11.5 Å². The summed E-state index contributed by atoms with van der Waals surface area (Å²) >= 11 is 0.951. The molecule has 2 heterocycles. The minimum Gasteiger partial charge on any atom is -0.383 e. The van der Waals surface area contributed by atoms with Crippen LogP contribution in [-0.4, -0.2) is 19.8 Å². The molecule has 0 spiro atoms. The fourth-order valence-electron chi connectivity index (χ4n) is 2.57. The number of thioether (sulfide) groups is 1. The maximum Gasteiger partial charge on any atom is 0.281 e. The Kier molecular flexibility index (Phi) is 4.47. The van der Waals surface area contributed by atoms with E-state index in [1.165, 1.54) is 11.9 Å². The second-order valence-electron chi connectivity index (χ2n) is 5.15. The molecule has 0 unspecified atom stereocenters. The van der Waals surface area contributed by atoms with Crippen LogP contribution >= 0.6 is 11.8 Å². The predicted molar refractivity (Wildman–Crippen MR) is 92.1 cm³/mol. The van der Waals surface area contributed by atoms with Gasteiger partial charge in [0, 0.05) is 17.6 Å². The third-order valence-electron chi connectivity index (χ3n) is 3.57. The average Bonchev–Trinajstić information content (AvgIpc) is 2.87. The topological polar surface area (TPSA) is 99.8 Å². The lowest BCUT2D eigenvalue weighted by atomic mass is 10.1. The van der Waals surface area contributed by atoms with Gasteiger partial charge < -0.3 is 16.0 Å². The summed E-state index contributed by atoms with van der Waals surface area (Å²) in [6.07, 6.45) is 5.23. The van der Waals surface area contributed by atoms with E-state index in [4.69, 9.17) is 11.5 Å². The number of hydrogen-bond acceptors (Lipinski definition) is 5. The maximum atomic E-state index is 11.2. The SMILES string of the molecule is NC(=O)Sc1cn(CCCc2ccccc2)c2ncnc(N)c12. The van der Waals surface area contributed by atoms with E-state index < -0.39 is 5.24 Å². The average molecular weight is 327 g/mol. The van der Waals surface area contributed by atoms with Crippen molar-refractivity contribution in [2.24, 2.45) is 5.73 Å². The molecule has 0 aliphatic carbocycles. The number of amides is 1. The predicted octanol–water partition coefficient (Wildman–Crippen LogP) is 2.82. The normalized spacial score (nSPS) is 11.0. The van der Waals surface area contributed by atoms with Crippen molar-refractivity contribution in [1.82, 2.24) is 14.5 Å². The molecule has 0 aliphatic heterocycles. The Morgan fingerprint density at radius 3 is 2.74 bits per heavy atom. The van der Waals surface area contributed by atoms with E-state index >= 15 is 0 Å². The molecule has 3 rings (SSSR count). The second-order valence-corrected chi connectivity index (χ2v) is 6.20. The number of fused-ring (bicyclic) bond motifs is 1. The number of primary amides is 1. The van der Waals surface area contributed by atoms with E-state index in [9.17, 15) is 4.79 Å². The van der Waals surface area contributed by atoms with Gasteiger partial charge in [-0.3, -0.25) is 4.79 Å². The van der Waals surface area contributed by atoms with Gasteiger partial charge in [-0.05, 0) is 30.2 Å². The summed E-state index contributed by atoms with van der Waals surface area (Å²) in [6, 6.07) is 10.3. The van der Waals surface area contributed by atoms with Crippen molar-refractivity contribution in [1.29, 1.82) is 0 Å². The third-order valence-corrected chi connectivity index (χ3v) is 4.30. The molecule has 0 aliphatic rings. The van der Waals surface area contributed by atoms with Crippen LogP contribution in [-0.2, 0) is 13.0 Å². The Morgan fingerprint density at radius 1 is 1.22 bits per heavy atom. The van der Waals surface area contributed by atoms with Crippen LogP contribution in [0.5, 0.6) is 0 Å². The number of rotatable bonds is 5. The summed E-state index contributed by atoms with van der Waals surface area (Å²) in [5.74, 6) is 0.362. The number of benzene rings is 1. The standard InChI is InChI=1S/C16H17N5OS/c17-14-13-12(23-16(18)22)9-21(15(13)20-10-19-14)8-4-7-11-5-2-1-3-6-11/h1-3,5-6,9-10H,4,7-8H2,(H2,18,22)(H2,17,19,20). The summed E-state index contributed by atoms with van der Waals surface area (Å²) in [5, 5.41) is 0.215. The molecule has 0 saturated carbocycles. The van der Waals surface area contributed by atoms with Crippen molar-refractivity contribution in [3.63, 3.8) is 0 Å². The molecule has 6 nitrogen and oxygen atoms in total. The largest absolute Gasteiger partial charge is 0.383 e. The minimum absolute atomic E-state index is 0.362. The van der Waals surface area contributed by atoms with Crippen LogP contribution in [0, 0.1) is 0 Å². The Bertz CT molecular complexity index is 831. The molecule has 0 saturated heterocycles. The fraction of sp³-hybridized carbons (Fsp3) is 0.188. The quantitative estimate of drug-likeness (QED) is 0.702. The smallest absolute Gasteiger partial charge is 0.281 e. The summed E-state index contributed by atoms with van der Waals surface area (Å²) in [4.78, 5) is 20.2. The first kappa shape index (κ1) is 15.4. The van der Waals surface area contributed by atoms with Gasteiger partial charge >= 0.3 is 0 Å². The molecule has 0 bridgehead atoms. The summed E-state index contributed by atoms with van der Waals surface area (Å²) < 4.78 is 2.00. The first-order valence-corrected chi connectivity index (χ1v) is 8.07. The second kappa shape index (κ2) is 6.70. The van der Waals surface area contributed by atoms with E-state index in [1.54, 1.807) is 0 Å².